The van der Waals surface area contributed by atoms with Crippen LogP contribution in [0.4, 0.5) is 5.82 Å². The van der Waals surface area contributed by atoms with Crippen LogP contribution in [0, 0.1) is 11.8 Å². The molecule has 1 atom stereocenters. The van der Waals surface area contributed by atoms with Crippen molar-refractivity contribution in [1.29, 1.82) is 0 Å². The van der Waals surface area contributed by atoms with Gasteiger partial charge in [0.25, 0.3) is 10.0 Å². The summed E-state index contributed by atoms with van der Waals surface area (Å²) in [5.74, 6) is 0.488. The number of aliphatic carboxylic acids is 1. The quantitative estimate of drug-likeness (QED) is 0.204. The lowest BCUT2D eigenvalue weighted by molar-refractivity contribution is -0.138. The Bertz CT molecular complexity index is 1710. The molecule has 0 saturated carbocycles. The van der Waals surface area contributed by atoms with E-state index in [1.165, 1.54) is 23.6 Å². The molecule has 252 valence electrons. The second-order valence-corrected chi connectivity index (χ2v) is 19.5. The number of hydrogen-bond donors (Lipinski definition) is 2. The van der Waals surface area contributed by atoms with Crippen LogP contribution in [0.2, 0.25) is 4.34 Å². The van der Waals surface area contributed by atoms with Crippen LogP contribution >= 0.6 is 66.1 Å². The summed E-state index contributed by atoms with van der Waals surface area (Å²) in [4.78, 5) is 22.2. The van der Waals surface area contributed by atoms with Crippen molar-refractivity contribution in [3.63, 3.8) is 0 Å². The molecule has 2 aliphatic rings. The molecule has 0 amide bonds. The first kappa shape index (κ1) is 36.1. The largest absolute Gasteiger partial charge is 0.480 e. The average molecular weight is 860 g/mol. The number of thiazole rings is 1. The van der Waals surface area contributed by atoms with Gasteiger partial charge in [-0.25, -0.2) is 26.8 Å². The molecule has 5 rings (SSSR count). The molecule has 3 aromatic heterocycles. The molecule has 18 heteroatoms. The monoisotopic (exact) mass is 857 g/mol. The normalized spacial score (nSPS) is 18.2. The molecule has 2 N–H and O–H groups in total. The summed E-state index contributed by atoms with van der Waals surface area (Å²) >= 11 is 15.2. The van der Waals surface area contributed by atoms with Gasteiger partial charge in [0.15, 0.2) is 0 Å². The van der Waals surface area contributed by atoms with Gasteiger partial charge in [-0.15, -0.1) is 22.7 Å². The Morgan fingerprint density at radius 2 is 1.67 bits per heavy atom. The van der Waals surface area contributed by atoms with Gasteiger partial charge in [-0.3, -0.25) is 4.79 Å². The van der Waals surface area contributed by atoms with Gasteiger partial charge in [-0.2, -0.15) is 9.03 Å². The highest BCUT2D eigenvalue weighted by molar-refractivity contribution is 9.11. The zero-order chi connectivity index (χ0) is 33.1. The minimum absolute atomic E-state index is 0.0617. The van der Waals surface area contributed by atoms with Crippen LogP contribution in [0.1, 0.15) is 50.6 Å². The maximum absolute atomic E-state index is 13.0. The van der Waals surface area contributed by atoms with Crippen molar-refractivity contribution in [2.75, 3.05) is 31.1 Å². The van der Waals surface area contributed by atoms with Gasteiger partial charge in [0.1, 0.15) is 25.3 Å². The third kappa shape index (κ3) is 8.88. The van der Waals surface area contributed by atoms with Crippen LogP contribution in [0.3, 0.4) is 0 Å². The van der Waals surface area contributed by atoms with Crippen molar-refractivity contribution >= 4 is 98.0 Å². The van der Waals surface area contributed by atoms with Gasteiger partial charge in [0.2, 0.25) is 10.0 Å². The Morgan fingerprint density at radius 1 is 1.02 bits per heavy atom. The molecule has 46 heavy (non-hydrogen) atoms. The smallest absolute Gasteiger partial charge is 0.322 e. The highest BCUT2D eigenvalue weighted by atomic mass is 79.9. The van der Waals surface area contributed by atoms with E-state index in [-0.39, 0.29) is 15.5 Å². The third-order valence-electron chi connectivity index (χ3n) is 8.53. The molecule has 0 spiro atoms. The number of halogens is 3. The molecule has 0 aliphatic carbocycles. The number of carboxylic acids is 1. The number of carbonyl (C=O) groups is 1. The Hall–Kier alpha value is -1.18. The van der Waals surface area contributed by atoms with E-state index in [0.29, 0.717) is 49.7 Å². The number of piperidine rings is 2. The summed E-state index contributed by atoms with van der Waals surface area (Å²) in [5, 5.41) is 11.2. The molecule has 0 bridgehead atoms. The van der Waals surface area contributed by atoms with Crippen LogP contribution in [0.25, 0.3) is 0 Å². The van der Waals surface area contributed by atoms with Gasteiger partial charge in [0.05, 0.1) is 15.7 Å². The van der Waals surface area contributed by atoms with E-state index in [9.17, 15) is 26.7 Å². The molecule has 0 aromatic carbocycles. The Morgan fingerprint density at radius 3 is 2.22 bits per heavy atom. The maximum atomic E-state index is 13.0. The van der Waals surface area contributed by atoms with Crippen molar-refractivity contribution in [2.24, 2.45) is 11.8 Å². The van der Waals surface area contributed by atoms with Gasteiger partial charge >= 0.3 is 5.97 Å². The van der Waals surface area contributed by atoms with Gasteiger partial charge in [-0.1, -0.05) is 30.9 Å². The van der Waals surface area contributed by atoms with Gasteiger partial charge < -0.3 is 10.0 Å². The molecule has 3 aromatic rings. The number of thiophene rings is 1. The number of nitrogens with zero attached hydrogens (tertiary/aromatic N) is 4. The van der Waals surface area contributed by atoms with E-state index >= 15 is 0 Å². The summed E-state index contributed by atoms with van der Waals surface area (Å²) in [6, 6.07) is 1.69. The van der Waals surface area contributed by atoms with Crippen molar-refractivity contribution in [1.82, 2.24) is 19.0 Å². The van der Waals surface area contributed by atoms with E-state index in [2.05, 4.69) is 51.4 Å². The van der Waals surface area contributed by atoms with Crippen LogP contribution in [0.15, 0.2) is 47.3 Å². The fourth-order valence-electron chi connectivity index (χ4n) is 5.92. The number of aromatic nitrogens is 2. The van der Waals surface area contributed by atoms with Gasteiger partial charge in [0, 0.05) is 48.6 Å². The summed E-state index contributed by atoms with van der Waals surface area (Å²) < 4.78 is 57.7. The van der Waals surface area contributed by atoms with E-state index in [1.54, 1.807) is 21.3 Å². The molecule has 0 radical (unpaired) electrons. The first-order valence-corrected chi connectivity index (χ1v) is 21.5. The first-order valence-electron chi connectivity index (χ1n) is 14.8. The van der Waals surface area contributed by atoms with E-state index in [1.807, 2.05) is 0 Å². The molecule has 2 aliphatic heterocycles. The Balaban J connectivity index is 1.06. The number of hydrogen-bond acceptors (Lipinski definition) is 10. The molecular weight excluding hydrogens is 826 g/mol. The summed E-state index contributed by atoms with van der Waals surface area (Å²) in [7, 11) is -7.65. The van der Waals surface area contributed by atoms with Gasteiger partial charge in [-0.05, 0) is 81.5 Å². The Kier molecular flexibility index (Phi) is 12.2. The third-order valence-corrected chi connectivity index (χ3v) is 16.0. The molecule has 2 saturated heterocycles. The van der Waals surface area contributed by atoms with Crippen LogP contribution in [-0.4, -0.2) is 74.4 Å². The highest BCUT2D eigenvalue weighted by Crippen LogP contribution is 2.37. The van der Waals surface area contributed by atoms with Crippen molar-refractivity contribution in [3.05, 3.63) is 48.2 Å². The minimum atomic E-state index is -4.13. The van der Waals surface area contributed by atoms with Crippen LogP contribution in [-0.2, 0) is 31.3 Å². The summed E-state index contributed by atoms with van der Waals surface area (Å²) in [5.41, 5.74) is 2.07. The minimum Gasteiger partial charge on any atom is -0.480 e. The number of anilines is 1. The molecular formula is C28H34Br2ClN5O6S4. The lowest BCUT2D eigenvalue weighted by atomic mass is 9.87. The number of nitrogens with one attached hydrogen (secondary N) is 1. The lowest BCUT2D eigenvalue weighted by Crippen LogP contribution is -2.42. The fraction of sp³-hybridized carbons (Fsp3) is 0.536. The predicted molar refractivity (Wildman–Crippen MR) is 187 cm³/mol. The zero-order valence-corrected chi connectivity index (χ0v) is 31.8. The van der Waals surface area contributed by atoms with E-state index < -0.39 is 32.1 Å². The summed E-state index contributed by atoms with van der Waals surface area (Å²) in [6.45, 7) is 2.66. The topological polar surface area (TPSA) is 150 Å². The molecule has 1 unspecified atom stereocenters. The maximum Gasteiger partial charge on any atom is 0.322 e. The number of rotatable bonds is 13. The predicted octanol–water partition coefficient (Wildman–Crippen LogP) is 6.24. The van der Waals surface area contributed by atoms with Crippen LogP contribution in [0.5, 0.6) is 0 Å². The molecule has 5 heterocycles. The SMILES string of the molecule is O=C(O)C(Cc1cscn1)NS(=O)(=O)c1cnc(N2CCC(CCCC3CCN(S(=O)(=O)c4cc(Br)c(Cl)s4)CC3)CC2)c(Br)c1. The first-order chi connectivity index (χ1) is 21.8. The fourth-order valence-corrected chi connectivity index (χ4v) is 12.3. The van der Waals surface area contributed by atoms with Crippen molar-refractivity contribution in [2.45, 2.75) is 66.5 Å². The van der Waals surface area contributed by atoms with Crippen molar-refractivity contribution < 1.29 is 26.7 Å². The number of carboxylic acid groups (broad SMARTS) is 1. The van der Waals surface area contributed by atoms with E-state index in [0.717, 1.165) is 69.4 Å². The van der Waals surface area contributed by atoms with Crippen molar-refractivity contribution in [3.8, 4) is 0 Å². The Labute approximate surface area is 299 Å². The lowest BCUT2D eigenvalue weighted by Gasteiger charge is -2.34. The number of sulfonamides is 2. The highest BCUT2D eigenvalue weighted by Gasteiger charge is 2.32. The number of pyridine rings is 1. The van der Waals surface area contributed by atoms with E-state index in [4.69, 9.17) is 11.6 Å². The van der Waals surface area contributed by atoms with Crippen LogP contribution < -0.4 is 9.62 Å². The second kappa shape index (κ2) is 15.6. The second-order valence-electron chi connectivity index (χ2n) is 11.6. The summed E-state index contributed by atoms with van der Waals surface area (Å²) in [6.07, 6.45) is 8.25. The zero-order valence-electron chi connectivity index (χ0n) is 24.6. The molecule has 11 nitrogen and oxygen atoms in total. The molecule has 2 fully saturated rings. The standard InChI is InChI=1S/C28H34Br2ClN5O6S4/c29-22-14-25(44-26(22)31)46(41,42)36-10-6-19(7-11-36)3-1-2-18-4-8-35(9-5-18)27-23(30)13-21(15-32-27)45(39,40)34-24(28(37)38)12-20-16-43-17-33-20/h13-19,24,34H,1-12H2,(H,37,38). The average Bonchev–Trinajstić information content (AvgIpc) is 3.66.